The van der Waals surface area contributed by atoms with Gasteiger partial charge in [0.25, 0.3) is 5.91 Å². The molecule has 2 aromatic rings. The summed E-state index contributed by atoms with van der Waals surface area (Å²) in [7, 11) is 0. The number of nitrogens with zero attached hydrogens (tertiary/aromatic N) is 1. The average molecular weight is 285 g/mol. The highest BCUT2D eigenvalue weighted by molar-refractivity contribution is 5.94. The number of hydrogen-bond acceptors (Lipinski definition) is 4. The fraction of sp³-hybridized carbons (Fsp3) is 0.375. The van der Waals surface area contributed by atoms with E-state index < -0.39 is 0 Å². The second-order valence-corrected chi connectivity index (χ2v) is 5.34. The minimum Gasteiger partial charge on any atom is -0.364 e. The maximum atomic E-state index is 12.0. The van der Waals surface area contributed by atoms with Crippen molar-refractivity contribution in [1.82, 2.24) is 15.8 Å². The van der Waals surface area contributed by atoms with Crippen LogP contribution >= 0.6 is 0 Å². The van der Waals surface area contributed by atoms with Crippen LogP contribution in [-0.2, 0) is 6.54 Å². The minimum atomic E-state index is -0.0914. The Morgan fingerprint density at radius 3 is 2.86 bits per heavy atom. The zero-order valence-electron chi connectivity index (χ0n) is 11.8. The van der Waals surface area contributed by atoms with Crippen LogP contribution in [0, 0.1) is 0 Å². The van der Waals surface area contributed by atoms with Crippen molar-refractivity contribution in [1.29, 1.82) is 0 Å². The van der Waals surface area contributed by atoms with Crippen LogP contribution in [0.25, 0.3) is 0 Å². The molecule has 5 nitrogen and oxygen atoms in total. The lowest BCUT2D eigenvalue weighted by molar-refractivity contribution is 0.0950. The predicted octanol–water partition coefficient (Wildman–Crippen LogP) is 2.07. The van der Waals surface area contributed by atoms with Crippen molar-refractivity contribution in [3.8, 4) is 0 Å². The molecule has 1 aromatic heterocycles. The van der Waals surface area contributed by atoms with Gasteiger partial charge < -0.3 is 15.2 Å². The van der Waals surface area contributed by atoms with Gasteiger partial charge in [-0.2, -0.15) is 0 Å². The van der Waals surface area contributed by atoms with Gasteiger partial charge in [-0.25, -0.2) is 0 Å². The molecule has 0 unspecified atom stereocenters. The first kappa shape index (κ1) is 13.8. The molecule has 0 radical (unpaired) electrons. The van der Waals surface area contributed by atoms with Gasteiger partial charge in [-0.15, -0.1) is 0 Å². The maximum Gasteiger partial charge on any atom is 0.251 e. The van der Waals surface area contributed by atoms with E-state index in [4.69, 9.17) is 4.52 Å². The number of carbonyl (C=O) groups is 1. The van der Waals surface area contributed by atoms with Gasteiger partial charge in [0.15, 0.2) is 0 Å². The Kier molecular flexibility index (Phi) is 4.31. The Balaban J connectivity index is 1.59. The Morgan fingerprint density at radius 2 is 2.19 bits per heavy atom. The lowest BCUT2D eigenvalue weighted by Gasteiger charge is -2.23. The first-order chi connectivity index (χ1) is 10.3. The molecule has 1 aliphatic heterocycles. The van der Waals surface area contributed by atoms with Gasteiger partial charge in [0.1, 0.15) is 12.0 Å². The number of rotatable bonds is 4. The zero-order valence-corrected chi connectivity index (χ0v) is 11.8. The van der Waals surface area contributed by atoms with Gasteiger partial charge in [-0.05, 0) is 43.0 Å². The molecule has 1 amide bonds. The fourth-order valence-electron chi connectivity index (χ4n) is 2.64. The molecule has 21 heavy (non-hydrogen) atoms. The van der Waals surface area contributed by atoms with Gasteiger partial charge in [-0.1, -0.05) is 17.3 Å². The monoisotopic (exact) mass is 285 g/mol. The molecule has 2 N–H and O–H groups in total. The summed E-state index contributed by atoms with van der Waals surface area (Å²) < 4.78 is 4.73. The van der Waals surface area contributed by atoms with Gasteiger partial charge in [0, 0.05) is 18.2 Å². The minimum absolute atomic E-state index is 0.0914. The van der Waals surface area contributed by atoms with E-state index in [1.165, 1.54) is 24.7 Å². The van der Waals surface area contributed by atoms with Gasteiger partial charge in [0.2, 0.25) is 0 Å². The Bertz CT molecular complexity index is 572. The summed E-state index contributed by atoms with van der Waals surface area (Å²) in [6, 6.07) is 9.63. The Hall–Kier alpha value is -2.14. The molecule has 1 saturated heterocycles. The van der Waals surface area contributed by atoms with E-state index in [1.54, 1.807) is 6.07 Å². The van der Waals surface area contributed by atoms with Crippen molar-refractivity contribution in [2.45, 2.75) is 25.3 Å². The maximum absolute atomic E-state index is 12.0. The third-order valence-corrected chi connectivity index (χ3v) is 3.86. The summed E-state index contributed by atoms with van der Waals surface area (Å²) in [6.45, 7) is 2.51. The molecule has 0 spiro atoms. The highest BCUT2D eigenvalue weighted by Gasteiger charge is 2.15. The summed E-state index contributed by atoms with van der Waals surface area (Å²) in [5.41, 5.74) is 2.69. The van der Waals surface area contributed by atoms with Crippen LogP contribution in [0.2, 0.25) is 0 Å². The van der Waals surface area contributed by atoms with E-state index in [-0.39, 0.29) is 5.91 Å². The molecule has 5 heteroatoms. The summed E-state index contributed by atoms with van der Waals surface area (Å²) in [4.78, 5) is 12.0. The first-order valence-corrected chi connectivity index (χ1v) is 7.31. The van der Waals surface area contributed by atoms with Gasteiger partial charge in [0.05, 0.1) is 6.54 Å². The lowest BCUT2D eigenvalue weighted by Crippen LogP contribution is -2.28. The highest BCUT2D eigenvalue weighted by Crippen LogP contribution is 2.23. The molecule has 1 aliphatic rings. The summed E-state index contributed by atoms with van der Waals surface area (Å²) >= 11 is 0. The fourth-order valence-corrected chi connectivity index (χ4v) is 2.64. The molecule has 0 bridgehead atoms. The molecule has 2 heterocycles. The zero-order chi connectivity index (χ0) is 14.5. The van der Waals surface area contributed by atoms with E-state index in [2.05, 4.69) is 27.9 Å². The molecule has 1 aromatic carbocycles. The third-order valence-electron chi connectivity index (χ3n) is 3.86. The number of hydrogen-bond donors (Lipinski definition) is 2. The summed E-state index contributed by atoms with van der Waals surface area (Å²) in [5.74, 6) is 0.470. The van der Waals surface area contributed by atoms with Crippen LogP contribution in [0.3, 0.4) is 0 Å². The predicted molar refractivity (Wildman–Crippen MR) is 79.0 cm³/mol. The molecule has 1 fully saturated rings. The number of carbonyl (C=O) groups excluding carboxylic acids is 1. The van der Waals surface area contributed by atoms with Crippen LogP contribution in [0.15, 0.2) is 41.1 Å². The van der Waals surface area contributed by atoms with Crippen molar-refractivity contribution in [3.05, 3.63) is 53.4 Å². The lowest BCUT2D eigenvalue weighted by atomic mass is 9.91. The third kappa shape index (κ3) is 3.49. The standard InChI is InChI=1S/C16H19N3O2/c20-16(18-11-15-7-9-21-19-15)13-5-3-12(4-6-13)14-2-1-8-17-10-14/h3-7,9,14,17H,1-2,8,10-11H2,(H,18,20)/t14-/m1/s1. The molecule has 0 aliphatic carbocycles. The van der Waals surface area contributed by atoms with Crippen LogP contribution in [-0.4, -0.2) is 24.2 Å². The van der Waals surface area contributed by atoms with Gasteiger partial charge in [-0.3, -0.25) is 4.79 Å². The van der Waals surface area contributed by atoms with E-state index in [9.17, 15) is 4.79 Å². The Morgan fingerprint density at radius 1 is 1.33 bits per heavy atom. The van der Waals surface area contributed by atoms with E-state index in [1.807, 2.05) is 12.1 Å². The van der Waals surface area contributed by atoms with Crippen molar-refractivity contribution >= 4 is 5.91 Å². The first-order valence-electron chi connectivity index (χ1n) is 7.31. The van der Waals surface area contributed by atoms with E-state index >= 15 is 0 Å². The topological polar surface area (TPSA) is 67.2 Å². The van der Waals surface area contributed by atoms with Crippen molar-refractivity contribution in [3.63, 3.8) is 0 Å². The number of aromatic nitrogens is 1. The Labute approximate surface area is 123 Å². The SMILES string of the molecule is O=C(NCc1ccon1)c1ccc([C@@H]2CCCNC2)cc1. The second kappa shape index (κ2) is 6.54. The number of piperidine rings is 1. The highest BCUT2D eigenvalue weighted by atomic mass is 16.5. The molecule has 110 valence electrons. The molecule has 1 atom stereocenters. The molecular weight excluding hydrogens is 266 g/mol. The molecule has 0 saturated carbocycles. The van der Waals surface area contributed by atoms with Crippen molar-refractivity contribution in [2.75, 3.05) is 13.1 Å². The van der Waals surface area contributed by atoms with E-state index in [0.717, 1.165) is 13.1 Å². The molecule has 3 rings (SSSR count). The average Bonchev–Trinajstić information content (AvgIpc) is 3.07. The smallest absolute Gasteiger partial charge is 0.251 e. The normalized spacial score (nSPS) is 18.4. The number of benzene rings is 1. The quantitative estimate of drug-likeness (QED) is 0.902. The summed E-state index contributed by atoms with van der Waals surface area (Å²) in [6.07, 6.45) is 3.92. The van der Waals surface area contributed by atoms with Crippen LogP contribution < -0.4 is 10.6 Å². The number of amides is 1. The van der Waals surface area contributed by atoms with Crippen LogP contribution in [0.1, 0.15) is 40.4 Å². The van der Waals surface area contributed by atoms with Crippen LogP contribution in [0.4, 0.5) is 0 Å². The summed E-state index contributed by atoms with van der Waals surface area (Å²) in [5, 5.41) is 10.00. The van der Waals surface area contributed by atoms with Crippen molar-refractivity contribution < 1.29 is 9.32 Å². The number of nitrogens with one attached hydrogen (secondary N) is 2. The molecular formula is C16H19N3O2. The second-order valence-electron chi connectivity index (χ2n) is 5.34. The van der Waals surface area contributed by atoms with Crippen LogP contribution in [0.5, 0.6) is 0 Å². The van der Waals surface area contributed by atoms with Gasteiger partial charge >= 0.3 is 0 Å². The van der Waals surface area contributed by atoms with E-state index in [0.29, 0.717) is 23.7 Å². The largest absolute Gasteiger partial charge is 0.364 e. The van der Waals surface area contributed by atoms with Crippen molar-refractivity contribution in [2.24, 2.45) is 0 Å².